The minimum absolute atomic E-state index is 0.00797. The number of phenols is 1. The molecule has 1 amide bonds. The lowest BCUT2D eigenvalue weighted by molar-refractivity contribution is -0.0266. The highest BCUT2D eigenvalue weighted by Crippen LogP contribution is 2.57. The van der Waals surface area contributed by atoms with E-state index < -0.39 is 0 Å². The van der Waals surface area contributed by atoms with Gasteiger partial charge in [0.25, 0.3) is 5.91 Å². The molecule has 1 heterocycles. The number of hydrogen-bond acceptors (Lipinski definition) is 5. The Morgan fingerprint density at radius 3 is 2.71 bits per heavy atom. The summed E-state index contributed by atoms with van der Waals surface area (Å²) in [5.74, 6) is 5.81. The lowest BCUT2D eigenvalue weighted by Crippen LogP contribution is -2.64. The topological polar surface area (TPSA) is 105 Å². The highest BCUT2D eigenvalue weighted by molar-refractivity contribution is 5.96. The first-order valence-corrected chi connectivity index (χ1v) is 9.69. The first kappa shape index (κ1) is 18.6. The Labute approximate surface area is 165 Å². The molecule has 2 aliphatic rings. The number of aromatic hydroxyl groups is 1. The molecule has 4 rings (SSSR count). The van der Waals surface area contributed by atoms with E-state index >= 15 is 0 Å². The van der Waals surface area contributed by atoms with Crippen LogP contribution in [0.5, 0.6) is 5.75 Å². The van der Waals surface area contributed by atoms with Crippen LogP contribution in [0, 0.1) is 5.41 Å². The molecule has 2 aromatic carbocycles. The van der Waals surface area contributed by atoms with Gasteiger partial charge in [-0.05, 0) is 53.6 Å². The van der Waals surface area contributed by atoms with Gasteiger partial charge in [0, 0.05) is 23.6 Å². The van der Waals surface area contributed by atoms with Crippen LogP contribution in [0.3, 0.4) is 0 Å². The predicted molar refractivity (Wildman–Crippen MR) is 111 cm³/mol. The van der Waals surface area contributed by atoms with Crippen molar-refractivity contribution in [1.29, 1.82) is 0 Å². The zero-order chi connectivity index (χ0) is 20.3. The fourth-order valence-corrected chi connectivity index (χ4v) is 5.15. The lowest BCUT2D eigenvalue weighted by atomic mass is 9.51. The van der Waals surface area contributed by atoms with Crippen LogP contribution >= 0.6 is 0 Å². The molecule has 1 aliphatic carbocycles. The van der Waals surface area contributed by atoms with Crippen molar-refractivity contribution in [3.8, 4) is 5.75 Å². The molecule has 2 aromatic rings. The Kier molecular flexibility index (Phi) is 4.08. The number of benzene rings is 2. The van der Waals surface area contributed by atoms with Crippen LogP contribution in [0.2, 0.25) is 0 Å². The standard InChI is InChI=1S/C22H28N4O2/c1-21(2)19-12-14-15(5-4-6-18(14)27)22(21,3)9-10-26(19)20(28)13-7-8-16(23)17(11-13)25-24/h4-8,11,19,25,27H,9-10,12,23-24H2,1-3H3. The van der Waals surface area contributed by atoms with Crippen molar-refractivity contribution >= 4 is 17.3 Å². The van der Waals surface area contributed by atoms with Gasteiger partial charge in [-0.25, -0.2) is 0 Å². The Balaban J connectivity index is 1.77. The molecule has 2 atom stereocenters. The number of hydrogen-bond donors (Lipinski definition) is 4. The summed E-state index contributed by atoms with van der Waals surface area (Å²) in [6, 6.07) is 10.9. The molecular formula is C22H28N4O2. The van der Waals surface area contributed by atoms with Crippen molar-refractivity contribution < 1.29 is 9.90 Å². The third-order valence-electron chi connectivity index (χ3n) is 7.34. The molecule has 0 radical (unpaired) electrons. The molecule has 0 spiro atoms. The zero-order valence-corrected chi connectivity index (χ0v) is 16.6. The summed E-state index contributed by atoms with van der Waals surface area (Å²) in [7, 11) is 0. The van der Waals surface area contributed by atoms with E-state index in [2.05, 4.69) is 32.3 Å². The van der Waals surface area contributed by atoms with Crippen LogP contribution in [0.1, 0.15) is 48.7 Å². The summed E-state index contributed by atoms with van der Waals surface area (Å²) in [5, 5.41) is 10.5. The van der Waals surface area contributed by atoms with Gasteiger partial charge in [-0.3, -0.25) is 10.6 Å². The van der Waals surface area contributed by atoms with Crippen LogP contribution in [-0.2, 0) is 11.8 Å². The van der Waals surface area contributed by atoms with Crippen molar-refractivity contribution in [3.63, 3.8) is 0 Å². The van der Waals surface area contributed by atoms with Crippen molar-refractivity contribution in [3.05, 3.63) is 53.1 Å². The molecule has 6 nitrogen and oxygen atoms in total. The summed E-state index contributed by atoms with van der Waals surface area (Å²) >= 11 is 0. The highest BCUT2D eigenvalue weighted by atomic mass is 16.3. The average Bonchev–Trinajstić information content (AvgIpc) is 2.65. The second kappa shape index (κ2) is 6.14. The molecule has 148 valence electrons. The minimum atomic E-state index is -0.134. The van der Waals surface area contributed by atoms with E-state index in [4.69, 9.17) is 11.6 Å². The van der Waals surface area contributed by atoms with Crippen LogP contribution < -0.4 is 17.0 Å². The molecule has 1 fully saturated rings. The maximum absolute atomic E-state index is 13.4. The van der Waals surface area contributed by atoms with Crippen molar-refractivity contribution in [2.24, 2.45) is 11.3 Å². The third kappa shape index (κ3) is 2.41. The van der Waals surface area contributed by atoms with Crippen LogP contribution in [-0.4, -0.2) is 28.5 Å². The SMILES string of the molecule is CC12CCN(C(=O)c3ccc(N)c(NN)c3)C(Cc3c(O)cccc31)C2(C)C. The number of amides is 1. The number of nitrogens with two attached hydrogens (primary N) is 2. The minimum Gasteiger partial charge on any atom is -0.508 e. The van der Waals surface area contributed by atoms with Gasteiger partial charge in [-0.15, -0.1) is 0 Å². The monoisotopic (exact) mass is 380 g/mol. The maximum atomic E-state index is 13.4. The average molecular weight is 380 g/mol. The molecule has 0 aromatic heterocycles. The Hall–Kier alpha value is -2.73. The molecule has 1 saturated heterocycles. The summed E-state index contributed by atoms with van der Waals surface area (Å²) in [6.45, 7) is 7.41. The van der Waals surface area contributed by atoms with Crippen molar-refractivity contribution in [2.45, 2.75) is 45.1 Å². The second-order valence-electron chi connectivity index (χ2n) is 8.77. The first-order chi connectivity index (χ1) is 13.2. The summed E-state index contributed by atoms with van der Waals surface area (Å²) < 4.78 is 0. The number of nitrogen functional groups attached to an aromatic ring is 2. The molecular weight excluding hydrogens is 352 g/mol. The number of carbonyl (C=O) groups is 1. The molecule has 2 bridgehead atoms. The fraction of sp³-hybridized carbons (Fsp3) is 0.409. The van der Waals surface area contributed by atoms with Crippen molar-refractivity contribution in [1.82, 2.24) is 4.90 Å². The van der Waals surface area contributed by atoms with E-state index in [1.807, 2.05) is 11.0 Å². The number of piperidine rings is 1. The van der Waals surface area contributed by atoms with Gasteiger partial charge in [0.1, 0.15) is 5.75 Å². The number of likely N-dealkylation sites (tertiary alicyclic amines) is 1. The van der Waals surface area contributed by atoms with Gasteiger partial charge < -0.3 is 21.2 Å². The Morgan fingerprint density at radius 1 is 1.25 bits per heavy atom. The maximum Gasteiger partial charge on any atom is 0.254 e. The molecule has 2 unspecified atom stereocenters. The van der Waals surface area contributed by atoms with Gasteiger partial charge in [-0.2, -0.15) is 0 Å². The molecule has 0 saturated carbocycles. The fourth-order valence-electron chi connectivity index (χ4n) is 5.15. The smallest absolute Gasteiger partial charge is 0.254 e. The Morgan fingerprint density at radius 2 is 2.00 bits per heavy atom. The van der Waals surface area contributed by atoms with Gasteiger partial charge in [0.15, 0.2) is 0 Å². The number of phenolic OH excluding ortho intramolecular Hbond substituents is 1. The number of carbonyl (C=O) groups excluding carboxylic acids is 1. The number of rotatable bonds is 2. The van der Waals surface area contributed by atoms with E-state index in [9.17, 15) is 9.90 Å². The summed E-state index contributed by atoms with van der Waals surface area (Å²) in [4.78, 5) is 15.4. The summed E-state index contributed by atoms with van der Waals surface area (Å²) in [5.41, 5.74) is 12.0. The number of fused-ring (bicyclic) bond motifs is 4. The predicted octanol–water partition coefficient (Wildman–Crippen LogP) is 3.01. The quantitative estimate of drug-likeness (QED) is 0.364. The highest BCUT2D eigenvalue weighted by Gasteiger charge is 2.57. The largest absolute Gasteiger partial charge is 0.508 e. The van der Waals surface area contributed by atoms with E-state index in [1.54, 1.807) is 24.3 Å². The van der Waals surface area contributed by atoms with Gasteiger partial charge in [-0.1, -0.05) is 32.9 Å². The zero-order valence-electron chi connectivity index (χ0n) is 16.6. The van der Waals surface area contributed by atoms with Crippen LogP contribution in [0.4, 0.5) is 11.4 Å². The lowest BCUT2D eigenvalue weighted by Gasteiger charge is -2.60. The third-order valence-corrected chi connectivity index (χ3v) is 7.34. The summed E-state index contributed by atoms with van der Waals surface area (Å²) in [6.07, 6.45) is 1.49. The Bertz CT molecular complexity index is 956. The molecule has 28 heavy (non-hydrogen) atoms. The van der Waals surface area contributed by atoms with Crippen LogP contribution in [0.25, 0.3) is 0 Å². The number of nitrogens with one attached hydrogen (secondary N) is 1. The molecule has 6 heteroatoms. The normalized spacial score (nSPS) is 25.1. The molecule has 1 aliphatic heterocycles. The first-order valence-electron chi connectivity index (χ1n) is 9.69. The van der Waals surface area contributed by atoms with E-state index in [0.717, 1.165) is 12.0 Å². The second-order valence-corrected chi connectivity index (χ2v) is 8.77. The van der Waals surface area contributed by atoms with Gasteiger partial charge in [0.05, 0.1) is 11.4 Å². The van der Waals surface area contributed by atoms with Crippen LogP contribution in [0.15, 0.2) is 36.4 Å². The number of anilines is 2. The van der Waals surface area contributed by atoms with E-state index in [1.165, 1.54) is 5.56 Å². The molecule has 6 N–H and O–H groups in total. The van der Waals surface area contributed by atoms with Crippen molar-refractivity contribution in [2.75, 3.05) is 17.7 Å². The number of nitrogens with zero attached hydrogens (tertiary/aromatic N) is 1. The van der Waals surface area contributed by atoms with Gasteiger partial charge >= 0.3 is 0 Å². The number of hydrazine groups is 1. The van der Waals surface area contributed by atoms with E-state index in [0.29, 0.717) is 35.7 Å². The van der Waals surface area contributed by atoms with E-state index in [-0.39, 0.29) is 22.8 Å². The van der Waals surface area contributed by atoms with Gasteiger partial charge in [0.2, 0.25) is 0 Å².